The highest BCUT2D eigenvalue weighted by Gasteiger charge is 2.41. The molecule has 0 aliphatic carbocycles. The zero-order valence-corrected chi connectivity index (χ0v) is 40.0. The molecule has 13 N–H and O–H groups in total. The van der Waals surface area contributed by atoms with Crippen LogP contribution in [0.25, 0.3) is 0 Å². The van der Waals surface area contributed by atoms with E-state index in [0.29, 0.717) is 111 Å². The van der Waals surface area contributed by atoms with Gasteiger partial charge in [0.05, 0.1) is 50.6 Å². The molecule has 4 aliphatic heterocycles. The average molecular weight is 959 g/mol. The minimum atomic E-state index is -0.380. The summed E-state index contributed by atoms with van der Waals surface area (Å²) in [6.07, 6.45) is 11.4. The van der Waals surface area contributed by atoms with Crippen LogP contribution in [0.5, 0.6) is 0 Å². The van der Waals surface area contributed by atoms with Gasteiger partial charge in [-0.2, -0.15) is 23.5 Å². The zero-order valence-electron chi connectivity index (χ0n) is 38.4. The number of hydrogen-bond donors (Lipinski definition) is 10. The number of thioether (sulfide) groups is 2. The number of rotatable bonds is 33. The van der Waals surface area contributed by atoms with Crippen LogP contribution in [-0.4, -0.2) is 140 Å². The second kappa shape index (κ2) is 29.4. The molecule has 1 aromatic rings. The molecule has 4 heterocycles. The van der Waals surface area contributed by atoms with Gasteiger partial charge in [0.15, 0.2) is 11.9 Å². The molecule has 0 radical (unpaired) electrons. The lowest BCUT2D eigenvalue weighted by atomic mass is 10.0. The largest absolute Gasteiger partial charge is 0.378 e. The zero-order chi connectivity index (χ0) is 46.9. The topological polar surface area (TPSA) is 291 Å². The van der Waals surface area contributed by atoms with Crippen molar-refractivity contribution >= 4 is 76.4 Å². The highest BCUT2D eigenvalue weighted by atomic mass is 32.2. The van der Waals surface area contributed by atoms with Gasteiger partial charge in [0.2, 0.25) is 23.6 Å². The SMILES string of the molecule is NCCOCCOCCNC(=O)c1cc(NC(=O)CCCCCNC(=O)CCCC[C@@H]2SC[C@@H]3NC(N)=N[C@@H]32)cc(NC(=O)CCCCCNC(=O)CCCC[C@@H]2SCC3NC(N)=N[C@@H]32)c1. The molecule has 2 saturated heterocycles. The number of guanidine groups is 2. The molecule has 2 fully saturated rings. The average Bonchev–Trinajstić information content (AvgIpc) is 4.06. The highest BCUT2D eigenvalue weighted by Crippen LogP contribution is 2.36. The monoisotopic (exact) mass is 959 g/mol. The van der Waals surface area contributed by atoms with Crippen molar-refractivity contribution in [2.45, 2.75) is 137 Å². The first-order chi connectivity index (χ1) is 32.1. The van der Waals surface area contributed by atoms with E-state index in [4.69, 9.17) is 26.7 Å². The van der Waals surface area contributed by atoms with Crippen LogP contribution < -0.4 is 54.4 Å². The third kappa shape index (κ3) is 19.1. The molecule has 0 spiro atoms. The maximum Gasteiger partial charge on any atom is 0.251 e. The predicted molar refractivity (Wildman–Crippen MR) is 264 cm³/mol. The van der Waals surface area contributed by atoms with Gasteiger partial charge in [-0.25, -0.2) is 9.98 Å². The van der Waals surface area contributed by atoms with Crippen molar-refractivity contribution in [3.63, 3.8) is 0 Å². The number of nitrogens with two attached hydrogens (primary N) is 3. The standard InChI is InChI=1S/C45H74N12O7S2/c46-17-21-63-23-24-64-22-20-51-43(62)30-25-31(52-39(60)15-3-1-9-18-49-37(58)13-7-5-11-35-41-33(28-65-35)54-44(47)56-41)27-32(26-30)53-40(61)16-4-2-10-19-50-38(59)14-8-6-12-36-42-34(29-66-36)55-45(48)57-42/h25-27,33-36,41-42H,1-24,28-29,46H2,(H,49,58)(H,50,59)(H,51,62)(H,52,60)(H,53,61)(H3,47,54,56)(H3,48,55,57)/t33-,34?,35-,36-,41-,42-/m0/s1. The number of aliphatic imine (C=N–C) groups is 2. The van der Waals surface area contributed by atoms with Crippen LogP contribution in [0, 0.1) is 0 Å². The Hall–Kier alpha value is -4.31. The van der Waals surface area contributed by atoms with Crippen molar-refractivity contribution in [1.82, 2.24) is 26.6 Å². The van der Waals surface area contributed by atoms with Gasteiger partial charge in [0, 0.05) is 90.8 Å². The Bertz CT molecular complexity index is 1690. The molecule has 5 amide bonds. The lowest BCUT2D eigenvalue weighted by molar-refractivity contribution is -0.122. The molecule has 4 aliphatic rings. The van der Waals surface area contributed by atoms with Gasteiger partial charge in [-0.05, 0) is 69.6 Å². The molecule has 0 saturated carbocycles. The van der Waals surface area contributed by atoms with E-state index in [1.54, 1.807) is 18.2 Å². The summed E-state index contributed by atoms with van der Waals surface area (Å²) in [6, 6.07) is 5.96. The van der Waals surface area contributed by atoms with Crippen molar-refractivity contribution in [2.24, 2.45) is 27.2 Å². The lowest BCUT2D eigenvalue weighted by Crippen LogP contribution is -2.38. The Morgan fingerprint density at radius 1 is 0.576 bits per heavy atom. The van der Waals surface area contributed by atoms with Crippen LogP contribution in [0.3, 0.4) is 0 Å². The quantitative estimate of drug-likeness (QED) is 0.0453. The summed E-state index contributed by atoms with van der Waals surface area (Å²) in [6.45, 7) is 3.31. The summed E-state index contributed by atoms with van der Waals surface area (Å²) in [7, 11) is 0. The molecular weight excluding hydrogens is 885 g/mol. The van der Waals surface area contributed by atoms with Crippen LogP contribution in [0.4, 0.5) is 11.4 Å². The van der Waals surface area contributed by atoms with Crippen molar-refractivity contribution in [2.75, 3.05) is 74.7 Å². The van der Waals surface area contributed by atoms with Crippen LogP contribution in [0.15, 0.2) is 28.2 Å². The molecule has 0 bridgehead atoms. The Morgan fingerprint density at radius 3 is 1.55 bits per heavy atom. The number of anilines is 2. The van der Waals surface area contributed by atoms with Crippen molar-refractivity contribution < 1.29 is 33.4 Å². The number of fused-ring (bicyclic) bond motifs is 2. The number of unbranched alkanes of at least 4 members (excludes halogenated alkanes) is 6. The number of carbonyl (C=O) groups is 5. The Balaban J connectivity index is 0.950. The minimum Gasteiger partial charge on any atom is -0.378 e. The molecule has 6 atom stereocenters. The van der Waals surface area contributed by atoms with Gasteiger partial charge in [-0.3, -0.25) is 24.0 Å². The fourth-order valence-electron chi connectivity index (χ4n) is 8.41. The molecule has 19 nitrogen and oxygen atoms in total. The Labute approximate surface area is 398 Å². The van der Waals surface area contributed by atoms with Gasteiger partial charge in [0.25, 0.3) is 5.91 Å². The van der Waals surface area contributed by atoms with Gasteiger partial charge >= 0.3 is 0 Å². The van der Waals surface area contributed by atoms with E-state index in [0.717, 1.165) is 75.7 Å². The van der Waals surface area contributed by atoms with Gasteiger partial charge in [-0.1, -0.05) is 25.7 Å². The molecule has 21 heteroatoms. The summed E-state index contributed by atoms with van der Waals surface area (Å²) in [4.78, 5) is 73.0. The maximum absolute atomic E-state index is 13.2. The lowest BCUT2D eigenvalue weighted by Gasteiger charge is -2.14. The molecule has 368 valence electrons. The summed E-state index contributed by atoms with van der Waals surface area (Å²) >= 11 is 3.86. The summed E-state index contributed by atoms with van der Waals surface area (Å²) in [5.41, 5.74) is 18.1. The molecule has 1 aromatic carbocycles. The second-order valence-electron chi connectivity index (χ2n) is 17.2. The summed E-state index contributed by atoms with van der Waals surface area (Å²) in [5.74, 6) is 2.38. The normalized spacial score (nSPS) is 21.5. The van der Waals surface area contributed by atoms with E-state index in [9.17, 15) is 24.0 Å². The molecule has 0 aromatic heterocycles. The van der Waals surface area contributed by atoms with Crippen LogP contribution in [0.1, 0.15) is 113 Å². The molecular formula is C45H74N12O7S2. The molecule has 66 heavy (non-hydrogen) atoms. The number of carbonyl (C=O) groups excluding carboxylic acids is 5. The maximum atomic E-state index is 13.2. The number of nitrogens with one attached hydrogen (secondary N) is 7. The van der Waals surface area contributed by atoms with Crippen molar-refractivity contribution in [3.8, 4) is 0 Å². The van der Waals surface area contributed by atoms with E-state index in [1.165, 1.54) is 0 Å². The predicted octanol–water partition coefficient (Wildman–Crippen LogP) is 2.30. The summed E-state index contributed by atoms with van der Waals surface area (Å²) < 4.78 is 10.8. The van der Waals surface area contributed by atoms with Crippen LogP contribution in [0.2, 0.25) is 0 Å². The van der Waals surface area contributed by atoms with Crippen molar-refractivity contribution in [3.05, 3.63) is 23.8 Å². The van der Waals surface area contributed by atoms with Crippen LogP contribution in [-0.2, 0) is 28.7 Å². The van der Waals surface area contributed by atoms with E-state index in [-0.39, 0.29) is 73.2 Å². The fraction of sp³-hybridized carbons (Fsp3) is 0.711. The van der Waals surface area contributed by atoms with Gasteiger partial charge in [-0.15, -0.1) is 0 Å². The summed E-state index contributed by atoms with van der Waals surface area (Å²) in [5, 5.41) is 21.9. The third-order valence-electron chi connectivity index (χ3n) is 11.8. The highest BCUT2D eigenvalue weighted by molar-refractivity contribution is 8.00. The third-order valence-corrected chi connectivity index (χ3v) is 14.8. The van der Waals surface area contributed by atoms with E-state index >= 15 is 0 Å². The second-order valence-corrected chi connectivity index (χ2v) is 19.8. The van der Waals surface area contributed by atoms with E-state index in [1.807, 2.05) is 23.5 Å². The van der Waals surface area contributed by atoms with Crippen LogP contribution >= 0.6 is 23.5 Å². The first kappa shape index (κ1) is 52.7. The smallest absolute Gasteiger partial charge is 0.251 e. The first-order valence-corrected chi connectivity index (χ1v) is 26.0. The number of amides is 5. The van der Waals surface area contributed by atoms with E-state index in [2.05, 4.69) is 47.2 Å². The number of benzene rings is 1. The van der Waals surface area contributed by atoms with Gasteiger partial charge < -0.3 is 63.9 Å². The molecule has 1 unspecified atom stereocenters. The molecule has 5 rings (SSSR count). The first-order valence-electron chi connectivity index (χ1n) is 23.9. The number of hydrogen-bond acceptors (Lipinski definition) is 16. The van der Waals surface area contributed by atoms with E-state index < -0.39 is 0 Å². The fourth-order valence-corrected chi connectivity index (χ4v) is 11.4. The number of nitrogens with zero attached hydrogens (tertiary/aromatic N) is 2. The Morgan fingerprint density at radius 2 is 1.05 bits per heavy atom. The van der Waals surface area contributed by atoms with Crippen molar-refractivity contribution in [1.29, 1.82) is 0 Å². The minimum absolute atomic E-state index is 0.0431. The van der Waals surface area contributed by atoms with Gasteiger partial charge in [0.1, 0.15) is 0 Å². The Kier molecular flexibility index (Phi) is 23.5. The number of ether oxygens (including phenoxy) is 2.